The first kappa shape index (κ1) is 24.4. The van der Waals surface area contributed by atoms with Crippen LogP contribution in [0.2, 0.25) is 0 Å². The van der Waals surface area contributed by atoms with Gasteiger partial charge in [-0.1, -0.05) is 26.7 Å². The molecule has 3 N–H and O–H groups in total. The molecule has 0 atom stereocenters. The Balaban J connectivity index is 0.00000576. The monoisotopic (exact) mass is 468 g/mol. The number of guanidine groups is 1. The van der Waals surface area contributed by atoms with Gasteiger partial charge in [0.25, 0.3) is 0 Å². The molecule has 0 aromatic heterocycles. The van der Waals surface area contributed by atoms with Crippen LogP contribution in [0.4, 0.5) is 0 Å². The Hall–Kier alpha value is -0.570. The van der Waals surface area contributed by atoms with Gasteiger partial charge in [-0.15, -0.1) is 24.0 Å². The predicted octanol–water partition coefficient (Wildman–Crippen LogP) is 2.53. The zero-order chi connectivity index (χ0) is 17.6. The van der Waals surface area contributed by atoms with Crippen LogP contribution in [-0.2, 0) is 9.53 Å². The minimum atomic E-state index is 0. The Bertz CT molecular complexity index is 372. The van der Waals surface area contributed by atoms with Gasteiger partial charge in [-0.3, -0.25) is 9.79 Å². The highest BCUT2D eigenvalue weighted by Gasteiger charge is 2.17. The van der Waals surface area contributed by atoms with E-state index >= 15 is 0 Å². The van der Waals surface area contributed by atoms with Crippen molar-refractivity contribution in [2.45, 2.75) is 52.4 Å². The molecule has 0 radical (unpaired) electrons. The van der Waals surface area contributed by atoms with Crippen LogP contribution in [0.5, 0.6) is 0 Å². The summed E-state index contributed by atoms with van der Waals surface area (Å²) in [6, 6.07) is 0. The molecule has 0 bridgehead atoms. The molecule has 1 amide bonds. The maximum absolute atomic E-state index is 11.8. The van der Waals surface area contributed by atoms with E-state index in [1.165, 1.54) is 25.7 Å². The van der Waals surface area contributed by atoms with Crippen molar-refractivity contribution < 1.29 is 9.53 Å². The maximum atomic E-state index is 11.8. The quantitative estimate of drug-likeness (QED) is 0.189. The maximum Gasteiger partial charge on any atom is 0.220 e. The molecule has 0 saturated heterocycles. The van der Waals surface area contributed by atoms with Gasteiger partial charge in [0.15, 0.2) is 5.96 Å². The van der Waals surface area contributed by atoms with Crippen molar-refractivity contribution in [1.29, 1.82) is 0 Å². The Kier molecular flexibility index (Phi) is 15.3. The number of nitrogens with zero attached hydrogens (tertiary/aromatic N) is 1. The summed E-state index contributed by atoms with van der Waals surface area (Å²) in [6.07, 6.45) is 6.62. The largest absolute Gasteiger partial charge is 0.381 e. The van der Waals surface area contributed by atoms with Crippen molar-refractivity contribution in [3.8, 4) is 0 Å². The normalized spacial score (nSPS) is 15.1. The van der Waals surface area contributed by atoms with Gasteiger partial charge in [0.1, 0.15) is 0 Å². The highest BCUT2D eigenvalue weighted by Crippen LogP contribution is 2.27. The molecule has 0 spiro atoms. The number of ether oxygens (including phenoxy) is 1. The van der Waals surface area contributed by atoms with Gasteiger partial charge in [0.05, 0.1) is 0 Å². The summed E-state index contributed by atoms with van der Waals surface area (Å²) in [5, 5.41) is 9.44. The van der Waals surface area contributed by atoms with Gasteiger partial charge in [-0.05, 0) is 31.1 Å². The van der Waals surface area contributed by atoms with Crippen LogP contribution in [0.1, 0.15) is 52.4 Å². The second-order valence-electron chi connectivity index (χ2n) is 6.95. The third-order valence-electron chi connectivity index (χ3n) is 4.12. The molecule has 1 aliphatic carbocycles. The van der Waals surface area contributed by atoms with Crippen molar-refractivity contribution in [1.82, 2.24) is 16.0 Å². The van der Waals surface area contributed by atoms with Gasteiger partial charge in [-0.25, -0.2) is 0 Å². The molecule has 0 heterocycles. The first-order valence-corrected chi connectivity index (χ1v) is 9.40. The minimum Gasteiger partial charge on any atom is -0.381 e. The molecular weight excluding hydrogens is 431 g/mol. The molecule has 1 fully saturated rings. The van der Waals surface area contributed by atoms with Crippen molar-refractivity contribution in [3.63, 3.8) is 0 Å². The fourth-order valence-corrected chi connectivity index (χ4v) is 2.85. The number of aliphatic imine (C=N–C) groups is 1. The number of nitrogens with one attached hydrogen (secondary N) is 3. The molecule has 25 heavy (non-hydrogen) atoms. The fraction of sp³-hybridized carbons (Fsp3) is 0.889. The highest BCUT2D eigenvalue weighted by atomic mass is 127. The third kappa shape index (κ3) is 13.3. The second-order valence-corrected chi connectivity index (χ2v) is 6.95. The Morgan fingerprint density at radius 3 is 2.40 bits per heavy atom. The molecule has 0 aromatic rings. The lowest BCUT2D eigenvalue weighted by Gasteiger charge is -2.13. The number of amides is 1. The molecule has 1 saturated carbocycles. The average molecular weight is 468 g/mol. The van der Waals surface area contributed by atoms with E-state index in [4.69, 9.17) is 4.74 Å². The van der Waals surface area contributed by atoms with Crippen LogP contribution in [0.15, 0.2) is 4.99 Å². The van der Waals surface area contributed by atoms with Gasteiger partial charge in [0, 0.05) is 46.3 Å². The molecule has 0 unspecified atom stereocenters. The van der Waals surface area contributed by atoms with Gasteiger partial charge >= 0.3 is 0 Å². The van der Waals surface area contributed by atoms with E-state index in [1.807, 2.05) is 0 Å². The number of hydrogen-bond donors (Lipinski definition) is 3. The zero-order valence-corrected chi connectivity index (χ0v) is 18.4. The Labute approximate surface area is 170 Å². The minimum absolute atomic E-state index is 0. The van der Waals surface area contributed by atoms with Crippen LogP contribution in [-0.4, -0.2) is 51.8 Å². The smallest absolute Gasteiger partial charge is 0.220 e. The van der Waals surface area contributed by atoms with Crippen LogP contribution in [0, 0.1) is 11.8 Å². The lowest BCUT2D eigenvalue weighted by Crippen LogP contribution is -2.42. The van der Waals surface area contributed by atoms with E-state index in [9.17, 15) is 4.79 Å². The lowest BCUT2D eigenvalue weighted by atomic mass is 10.0. The van der Waals surface area contributed by atoms with Gasteiger partial charge < -0.3 is 20.7 Å². The van der Waals surface area contributed by atoms with E-state index in [-0.39, 0.29) is 29.9 Å². The third-order valence-corrected chi connectivity index (χ3v) is 4.12. The summed E-state index contributed by atoms with van der Waals surface area (Å²) in [6.45, 7) is 8.01. The van der Waals surface area contributed by atoms with Gasteiger partial charge in [0.2, 0.25) is 5.91 Å². The number of carbonyl (C=O) groups is 1. The van der Waals surface area contributed by atoms with Crippen molar-refractivity contribution in [2.75, 3.05) is 39.9 Å². The first-order chi connectivity index (χ1) is 11.6. The molecule has 6 nitrogen and oxygen atoms in total. The summed E-state index contributed by atoms with van der Waals surface area (Å²) in [5.74, 6) is 2.12. The summed E-state index contributed by atoms with van der Waals surface area (Å²) >= 11 is 0. The molecule has 0 aliphatic heterocycles. The first-order valence-electron chi connectivity index (χ1n) is 9.40. The summed E-state index contributed by atoms with van der Waals surface area (Å²) < 4.78 is 5.54. The topological polar surface area (TPSA) is 74.8 Å². The number of halogens is 1. The fourth-order valence-electron chi connectivity index (χ4n) is 2.85. The zero-order valence-electron chi connectivity index (χ0n) is 16.1. The van der Waals surface area contributed by atoms with Gasteiger partial charge in [-0.2, -0.15) is 0 Å². The van der Waals surface area contributed by atoms with E-state index in [2.05, 4.69) is 34.8 Å². The van der Waals surface area contributed by atoms with Crippen molar-refractivity contribution >= 4 is 35.8 Å². The Morgan fingerprint density at radius 1 is 1.12 bits per heavy atom. The van der Waals surface area contributed by atoms with E-state index in [0.29, 0.717) is 31.3 Å². The molecular formula is C18H37IN4O2. The molecule has 1 aliphatic rings. The van der Waals surface area contributed by atoms with Crippen LogP contribution in [0.3, 0.4) is 0 Å². The summed E-state index contributed by atoms with van der Waals surface area (Å²) in [5.41, 5.74) is 0. The average Bonchev–Trinajstić information content (AvgIpc) is 3.05. The number of rotatable bonds is 11. The highest BCUT2D eigenvalue weighted by molar-refractivity contribution is 14.0. The van der Waals surface area contributed by atoms with Crippen molar-refractivity contribution in [3.05, 3.63) is 0 Å². The summed E-state index contributed by atoms with van der Waals surface area (Å²) in [4.78, 5) is 16.0. The molecule has 0 aromatic carbocycles. The van der Waals surface area contributed by atoms with Crippen LogP contribution >= 0.6 is 24.0 Å². The van der Waals surface area contributed by atoms with Crippen LogP contribution in [0.25, 0.3) is 0 Å². The van der Waals surface area contributed by atoms with E-state index < -0.39 is 0 Å². The van der Waals surface area contributed by atoms with Crippen molar-refractivity contribution in [2.24, 2.45) is 16.8 Å². The molecule has 7 heteroatoms. The number of hydrogen-bond acceptors (Lipinski definition) is 3. The lowest BCUT2D eigenvalue weighted by molar-refractivity contribution is -0.121. The molecule has 148 valence electrons. The van der Waals surface area contributed by atoms with Crippen LogP contribution < -0.4 is 16.0 Å². The summed E-state index contributed by atoms with van der Waals surface area (Å²) in [7, 11) is 1.75. The SMILES string of the molecule is CN=C(NCCCOCC(C)C)NCCNC(=O)CC1CCCC1.I. The Morgan fingerprint density at radius 2 is 1.76 bits per heavy atom. The van der Waals surface area contributed by atoms with E-state index in [0.717, 1.165) is 32.1 Å². The second kappa shape index (κ2) is 15.7. The number of carbonyl (C=O) groups excluding carboxylic acids is 1. The predicted molar refractivity (Wildman–Crippen MR) is 115 cm³/mol. The standard InChI is InChI=1S/C18H36N4O2.HI/c1-15(2)14-24-12-6-9-21-18(19-3)22-11-10-20-17(23)13-16-7-4-5-8-16;/h15-16H,4-14H2,1-3H3,(H,20,23)(H2,19,21,22);1H. The van der Waals surface area contributed by atoms with E-state index in [1.54, 1.807) is 7.05 Å². The molecule has 1 rings (SSSR count).